The highest BCUT2D eigenvalue weighted by Crippen LogP contribution is 2.16. The first-order valence-electron chi connectivity index (χ1n) is 32.5. The van der Waals surface area contributed by atoms with E-state index < -0.39 is 12.1 Å². The van der Waals surface area contributed by atoms with Crippen LogP contribution in [0, 0.1) is 0 Å². The summed E-state index contributed by atoms with van der Waals surface area (Å²) in [6, 6.07) is -0.652. The maximum atomic E-state index is 12.5. The summed E-state index contributed by atoms with van der Waals surface area (Å²) in [6.07, 6.45) is 105. The quantitative estimate of drug-likeness (QED) is 0.0420. The number of rotatable bonds is 58. The summed E-state index contributed by atoms with van der Waals surface area (Å²) in [6.45, 7) is 4.19. The Morgan fingerprint density at radius 1 is 0.325 bits per heavy atom. The second kappa shape index (κ2) is 66.5. The summed E-state index contributed by atoms with van der Waals surface area (Å²) in [5, 5.41) is 23.2. The number of amides is 1. The molecule has 0 aliphatic carbocycles. The number of hydrogen-bond acceptors (Lipinski definition) is 3. The van der Waals surface area contributed by atoms with E-state index in [4.69, 9.17) is 0 Å². The highest BCUT2D eigenvalue weighted by Gasteiger charge is 2.18. The van der Waals surface area contributed by atoms with Gasteiger partial charge in [-0.2, -0.15) is 0 Å². The molecule has 0 heterocycles. The molecule has 3 N–H and O–H groups in total. The van der Waals surface area contributed by atoms with Gasteiger partial charge in [0.05, 0.1) is 18.8 Å². The smallest absolute Gasteiger partial charge is 0.220 e. The molecule has 0 aromatic rings. The minimum Gasteiger partial charge on any atom is -0.394 e. The summed E-state index contributed by atoms with van der Waals surface area (Å²) >= 11 is 0. The molecule has 0 aliphatic rings. The van der Waals surface area contributed by atoms with Crippen LogP contribution in [0.4, 0.5) is 0 Å². The number of hydrogen-bond donors (Lipinski definition) is 3. The van der Waals surface area contributed by atoms with E-state index in [0.29, 0.717) is 6.42 Å². The van der Waals surface area contributed by atoms with E-state index in [1.165, 1.54) is 167 Å². The molecule has 0 aromatic heterocycles. The zero-order valence-corrected chi connectivity index (χ0v) is 50.4. The average molecular weight is 1060 g/mol. The molecule has 77 heavy (non-hydrogen) atoms. The van der Waals surface area contributed by atoms with Crippen LogP contribution in [0.3, 0.4) is 0 Å². The Morgan fingerprint density at radius 3 is 0.909 bits per heavy atom. The van der Waals surface area contributed by atoms with Gasteiger partial charge in [0, 0.05) is 6.42 Å². The van der Waals surface area contributed by atoms with E-state index in [-0.39, 0.29) is 12.5 Å². The Balaban J connectivity index is 3.61. The summed E-state index contributed by atoms with van der Waals surface area (Å²) in [5.41, 5.74) is 0. The lowest BCUT2D eigenvalue weighted by Gasteiger charge is -2.19. The first-order chi connectivity index (χ1) is 38.2. The minimum absolute atomic E-state index is 0.0819. The van der Waals surface area contributed by atoms with Crippen LogP contribution < -0.4 is 5.32 Å². The lowest BCUT2D eigenvalue weighted by atomic mass is 10.0. The van der Waals surface area contributed by atoms with Crippen LogP contribution >= 0.6 is 0 Å². The second-order valence-corrected chi connectivity index (χ2v) is 21.4. The van der Waals surface area contributed by atoms with Crippen molar-refractivity contribution in [2.75, 3.05) is 6.61 Å². The molecule has 438 valence electrons. The van der Waals surface area contributed by atoms with E-state index in [2.05, 4.69) is 153 Å². The zero-order valence-electron chi connectivity index (χ0n) is 50.4. The van der Waals surface area contributed by atoms with Gasteiger partial charge < -0.3 is 15.5 Å². The van der Waals surface area contributed by atoms with Crippen molar-refractivity contribution in [1.29, 1.82) is 0 Å². The zero-order chi connectivity index (χ0) is 55.5. The van der Waals surface area contributed by atoms with E-state index >= 15 is 0 Å². The maximum Gasteiger partial charge on any atom is 0.220 e. The van der Waals surface area contributed by atoms with Crippen molar-refractivity contribution in [2.24, 2.45) is 0 Å². The Morgan fingerprint density at radius 2 is 0.584 bits per heavy atom. The van der Waals surface area contributed by atoms with E-state index in [1.54, 1.807) is 6.08 Å². The molecule has 0 spiro atoms. The summed E-state index contributed by atoms with van der Waals surface area (Å²) in [7, 11) is 0. The van der Waals surface area contributed by atoms with Gasteiger partial charge >= 0.3 is 0 Å². The first-order valence-corrected chi connectivity index (χ1v) is 32.5. The van der Waals surface area contributed by atoms with Crippen molar-refractivity contribution >= 4 is 5.91 Å². The molecule has 0 saturated heterocycles. The average Bonchev–Trinajstić information content (AvgIpc) is 3.43. The Labute approximate surface area is 478 Å². The molecule has 4 heteroatoms. The molecule has 2 atom stereocenters. The van der Waals surface area contributed by atoms with Crippen LogP contribution in [0.25, 0.3) is 0 Å². The van der Waals surface area contributed by atoms with Crippen molar-refractivity contribution in [3.8, 4) is 0 Å². The molecule has 0 radical (unpaired) electrons. The van der Waals surface area contributed by atoms with Gasteiger partial charge in [-0.25, -0.2) is 0 Å². The van der Waals surface area contributed by atoms with Crippen molar-refractivity contribution in [3.05, 3.63) is 146 Å². The number of allylic oxidation sites excluding steroid dienone is 23. The summed E-state index contributed by atoms with van der Waals surface area (Å²) < 4.78 is 0. The van der Waals surface area contributed by atoms with Gasteiger partial charge in [-0.3, -0.25) is 4.79 Å². The van der Waals surface area contributed by atoms with E-state index in [0.717, 1.165) is 103 Å². The molecular weight excluding hydrogens is 939 g/mol. The molecule has 0 aromatic carbocycles. The van der Waals surface area contributed by atoms with Crippen molar-refractivity contribution < 1.29 is 15.0 Å². The first kappa shape index (κ1) is 73.3. The molecule has 1 amide bonds. The van der Waals surface area contributed by atoms with Crippen LogP contribution in [0.5, 0.6) is 0 Å². The van der Waals surface area contributed by atoms with Crippen LogP contribution in [0.1, 0.15) is 290 Å². The molecular formula is C73H123NO3. The molecule has 4 nitrogen and oxygen atoms in total. The lowest BCUT2D eigenvalue weighted by molar-refractivity contribution is -0.123. The number of nitrogens with one attached hydrogen (secondary N) is 1. The molecule has 2 unspecified atom stereocenters. The third-order valence-corrected chi connectivity index (χ3v) is 14.1. The number of unbranched alkanes of at least 4 members (excludes halogenated alkanes) is 29. The summed E-state index contributed by atoms with van der Waals surface area (Å²) in [5.74, 6) is -0.0819. The van der Waals surface area contributed by atoms with Crippen LogP contribution in [0.15, 0.2) is 146 Å². The predicted octanol–water partition coefficient (Wildman–Crippen LogP) is 22.3. The van der Waals surface area contributed by atoms with Gasteiger partial charge in [0.1, 0.15) is 0 Å². The van der Waals surface area contributed by atoms with Crippen molar-refractivity contribution in [1.82, 2.24) is 5.32 Å². The van der Waals surface area contributed by atoms with Crippen LogP contribution in [-0.4, -0.2) is 34.9 Å². The molecule has 0 rings (SSSR count). The van der Waals surface area contributed by atoms with Crippen molar-refractivity contribution in [3.63, 3.8) is 0 Å². The topological polar surface area (TPSA) is 69.6 Å². The standard InChI is InChI=1S/C73H123NO3/c1-3-5-7-9-11-13-15-17-19-21-23-25-27-29-30-31-32-33-34-35-36-37-38-39-40-41-42-43-44-45-47-49-51-53-55-57-59-61-63-65-67-69-73(77)74-71(70-75)72(76)68-66-64-62-60-58-56-54-52-50-48-46-28-26-24-22-20-18-16-14-12-10-8-6-4-2/h5,7,11,13,17,19,23,25,29-30,32-33,35-36,38-39,41-42,44-45,58,60,66,68,71-72,75-76H,3-4,6,8-10,12,14-16,18,20-22,24,26-28,31,34,37,40,43,46-57,59,61-65,67,69-70H2,1-2H3,(H,74,77)/b7-5-,13-11-,19-17-,25-23-,30-29-,33-32-,36-35-,39-38-,42-41-,45-44-,60-58+,68-66+. The minimum atomic E-state index is -0.875. The second-order valence-electron chi connectivity index (χ2n) is 21.4. The van der Waals surface area contributed by atoms with Gasteiger partial charge in [-0.15, -0.1) is 0 Å². The highest BCUT2D eigenvalue weighted by atomic mass is 16.3. The lowest BCUT2D eigenvalue weighted by Crippen LogP contribution is -2.45. The van der Waals surface area contributed by atoms with Crippen LogP contribution in [0.2, 0.25) is 0 Å². The molecule has 0 bridgehead atoms. The largest absolute Gasteiger partial charge is 0.394 e. The van der Waals surface area contributed by atoms with Gasteiger partial charge in [-0.05, 0) is 109 Å². The Bertz CT molecular complexity index is 1580. The molecule has 0 saturated carbocycles. The number of aliphatic hydroxyl groups is 2. The van der Waals surface area contributed by atoms with Crippen molar-refractivity contribution in [2.45, 2.75) is 302 Å². The number of carbonyl (C=O) groups is 1. The predicted molar refractivity (Wildman–Crippen MR) is 345 cm³/mol. The fraction of sp³-hybridized carbons (Fsp3) is 0.658. The van der Waals surface area contributed by atoms with Gasteiger partial charge in [0.25, 0.3) is 0 Å². The monoisotopic (exact) mass is 1060 g/mol. The molecule has 0 aliphatic heterocycles. The third kappa shape index (κ3) is 63.0. The number of aliphatic hydroxyl groups excluding tert-OH is 2. The summed E-state index contributed by atoms with van der Waals surface area (Å²) in [4.78, 5) is 12.5. The Hall–Kier alpha value is -3.73. The fourth-order valence-electron chi connectivity index (χ4n) is 9.17. The van der Waals surface area contributed by atoms with Gasteiger partial charge in [0.15, 0.2) is 0 Å². The van der Waals surface area contributed by atoms with E-state index in [1.807, 2.05) is 6.08 Å². The third-order valence-electron chi connectivity index (χ3n) is 14.1. The van der Waals surface area contributed by atoms with Gasteiger partial charge in [0.2, 0.25) is 5.91 Å². The normalized spacial score (nSPS) is 13.8. The van der Waals surface area contributed by atoms with Gasteiger partial charge in [-0.1, -0.05) is 320 Å². The van der Waals surface area contributed by atoms with E-state index in [9.17, 15) is 15.0 Å². The SMILES string of the molecule is CC/C=C\C/C=C\C/C=C\C/C=C\C/C=C\C/C=C\C/C=C\C/C=C\C/C=C\C/C=C\CCCCCCCCCCCCC(=O)NC(CO)C(O)/C=C/CC/C=C/CCCCCCCCCCCCCCCCCCCC. The molecule has 0 fully saturated rings. The highest BCUT2D eigenvalue weighted by molar-refractivity contribution is 5.76. The van der Waals surface area contributed by atoms with Crippen LogP contribution in [-0.2, 0) is 4.79 Å². The Kier molecular flexibility index (Phi) is 63.3. The number of carbonyl (C=O) groups excluding carboxylic acids is 1. The maximum absolute atomic E-state index is 12.5. The fourth-order valence-corrected chi connectivity index (χ4v) is 9.17.